The molecular formula is C22H11F5N2O. The summed E-state index contributed by atoms with van der Waals surface area (Å²) in [7, 11) is 0. The van der Waals surface area contributed by atoms with E-state index in [9.17, 15) is 26.7 Å². The molecule has 8 heteroatoms. The van der Waals surface area contributed by atoms with Gasteiger partial charge in [-0.25, -0.2) is 13.6 Å². The van der Waals surface area contributed by atoms with Gasteiger partial charge in [0.15, 0.2) is 11.5 Å². The van der Waals surface area contributed by atoms with Crippen LogP contribution in [0.25, 0.3) is 16.1 Å². The number of carbonyl (C=O) groups excluding carboxylic acids is 1. The second-order valence-corrected chi connectivity index (χ2v) is 6.83. The van der Waals surface area contributed by atoms with E-state index in [4.69, 9.17) is 6.57 Å². The molecule has 2 aliphatic rings. The number of halogens is 5. The zero-order valence-corrected chi connectivity index (χ0v) is 15.1. The van der Waals surface area contributed by atoms with Crippen LogP contribution in [-0.2, 0) is 4.79 Å². The molecule has 1 heterocycles. The number of carbonyl (C=O) groups is 1. The van der Waals surface area contributed by atoms with Crippen molar-refractivity contribution in [1.29, 1.82) is 0 Å². The highest BCUT2D eigenvalue weighted by molar-refractivity contribution is 6.27. The Kier molecular flexibility index (Phi) is 4.61. The Morgan fingerprint density at radius 3 is 2.37 bits per heavy atom. The van der Waals surface area contributed by atoms with E-state index in [2.05, 4.69) is 9.84 Å². The van der Waals surface area contributed by atoms with Crippen molar-refractivity contribution in [2.24, 2.45) is 10.9 Å². The highest BCUT2D eigenvalue weighted by Gasteiger charge is 2.45. The summed E-state index contributed by atoms with van der Waals surface area (Å²) in [6.45, 7) is 7.04. The Bertz CT molecular complexity index is 1200. The molecular weight excluding hydrogens is 403 g/mol. The zero-order chi connectivity index (χ0) is 21.6. The average molecular weight is 414 g/mol. The summed E-state index contributed by atoms with van der Waals surface area (Å²) in [5.41, 5.74) is -0.236. The van der Waals surface area contributed by atoms with Crippen LogP contribution in [0.5, 0.6) is 0 Å². The number of benzene rings is 2. The highest BCUT2D eigenvalue weighted by atomic mass is 19.4. The maximum Gasteiger partial charge on any atom is 0.413 e. The van der Waals surface area contributed by atoms with Crippen molar-refractivity contribution in [2.45, 2.75) is 12.6 Å². The fourth-order valence-corrected chi connectivity index (χ4v) is 3.61. The molecule has 3 nitrogen and oxygen atoms in total. The number of fused-ring (bicyclic) bond motifs is 1. The number of hydrogen-bond acceptors (Lipinski definition) is 2. The van der Waals surface area contributed by atoms with Crippen molar-refractivity contribution in [3.63, 3.8) is 0 Å². The van der Waals surface area contributed by atoms with Crippen LogP contribution in [0, 0.1) is 24.1 Å². The van der Waals surface area contributed by atoms with Gasteiger partial charge < -0.3 is 0 Å². The van der Waals surface area contributed by atoms with Crippen molar-refractivity contribution in [1.82, 2.24) is 0 Å². The van der Waals surface area contributed by atoms with E-state index in [1.54, 1.807) is 0 Å². The Morgan fingerprint density at radius 2 is 1.77 bits per heavy atom. The lowest BCUT2D eigenvalue weighted by atomic mass is 9.79. The summed E-state index contributed by atoms with van der Waals surface area (Å²) in [6, 6.07) is 8.81. The van der Waals surface area contributed by atoms with E-state index in [0.717, 1.165) is 12.1 Å². The molecule has 4 rings (SSSR count). The minimum Gasteiger partial charge on any atom is -0.294 e. The van der Waals surface area contributed by atoms with Crippen LogP contribution < -0.4 is 0 Å². The minimum absolute atomic E-state index is 0.0202. The van der Waals surface area contributed by atoms with Gasteiger partial charge >= 0.3 is 6.18 Å². The Balaban J connectivity index is 1.92. The fourth-order valence-electron chi connectivity index (χ4n) is 3.61. The summed E-state index contributed by atoms with van der Waals surface area (Å²) in [5.74, 6) is -3.68. The Hall–Kier alpha value is -3.60. The van der Waals surface area contributed by atoms with Gasteiger partial charge in [0.05, 0.1) is 18.2 Å². The number of nitrogens with zero attached hydrogens (tertiary/aromatic N) is 2. The van der Waals surface area contributed by atoms with E-state index in [1.807, 2.05) is 0 Å². The molecule has 0 saturated heterocycles. The maximum atomic E-state index is 14.5. The van der Waals surface area contributed by atoms with Gasteiger partial charge in [-0.05, 0) is 23.8 Å². The van der Waals surface area contributed by atoms with Crippen molar-refractivity contribution in [2.75, 3.05) is 0 Å². The van der Waals surface area contributed by atoms with E-state index in [-0.39, 0.29) is 22.5 Å². The first-order valence-corrected chi connectivity index (χ1v) is 8.75. The first-order valence-electron chi connectivity index (χ1n) is 8.75. The van der Waals surface area contributed by atoms with Gasteiger partial charge in [0.1, 0.15) is 11.6 Å². The minimum atomic E-state index is -4.69. The zero-order valence-electron chi connectivity index (χ0n) is 15.1. The average Bonchev–Trinajstić information content (AvgIpc) is 3.07. The molecule has 150 valence electrons. The third kappa shape index (κ3) is 3.32. The van der Waals surface area contributed by atoms with E-state index >= 15 is 0 Å². The molecule has 1 aliphatic heterocycles. The Morgan fingerprint density at radius 1 is 1.07 bits per heavy atom. The van der Waals surface area contributed by atoms with Crippen LogP contribution in [0.4, 0.5) is 27.6 Å². The summed E-state index contributed by atoms with van der Waals surface area (Å²) in [5, 5.41) is 0. The molecule has 2 aromatic carbocycles. The summed E-state index contributed by atoms with van der Waals surface area (Å²) < 4.78 is 67.4. The molecule has 1 aliphatic carbocycles. The molecule has 0 amide bonds. The third-order valence-corrected chi connectivity index (χ3v) is 4.96. The molecule has 0 N–H and O–H groups in total. The fraction of sp³-hybridized carbons (Fsp3) is 0.136. The SMILES string of the molecule is [C-]#[N+]c1ccc(C2=C(c3ccc(F)cc3F)N=C3CC(C(F)(F)F)=CC(=O)C32)cc1. The van der Waals surface area contributed by atoms with Gasteiger partial charge in [0.2, 0.25) is 0 Å². The van der Waals surface area contributed by atoms with Gasteiger partial charge in [0.25, 0.3) is 0 Å². The number of rotatable bonds is 2. The molecule has 2 aromatic rings. The molecule has 0 fully saturated rings. The second kappa shape index (κ2) is 7.02. The lowest BCUT2D eigenvalue weighted by molar-refractivity contribution is -0.117. The standard InChI is InChI=1S/C22H11F5N2O/c1-28-14-5-2-11(3-6-14)19-20-17(8-12(9-18(20)30)22(25,26)27)29-21(19)15-7-4-13(23)10-16(15)24/h2-7,9-10,20H,8H2. The van der Waals surface area contributed by atoms with Gasteiger partial charge in [-0.2, -0.15) is 13.2 Å². The lowest BCUT2D eigenvalue weighted by Crippen LogP contribution is -2.30. The summed E-state index contributed by atoms with van der Waals surface area (Å²) >= 11 is 0. The first-order chi connectivity index (χ1) is 14.2. The van der Waals surface area contributed by atoms with Crippen LogP contribution in [-0.4, -0.2) is 17.7 Å². The molecule has 0 bridgehead atoms. The van der Waals surface area contributed by atoms with E-state index < -0.39 is 41.5 Å². The van der Waals surface area contributed by atoms with Crippen molar-refractivity contribution >= 4 is 28.5 Å². The van der Waals surface area contributed by atoms with Crippen LogP contribution in [0.1, 0.15) is 17.5 Å². The van der Waals surface area contributed by atoms with Crippen molar-refractivity contribution in [3.05, 3.63) is 88.3 Å². The van der Waals surface area contributed by atoms with Crippen LogP contribution in [0.2, 0.25) is 0 Å². The molecule has 0 radical (unpaired) electrons. The van der Waals surface area contributed by atoms with Gasteiger partial charge in [-0.3, -0.25) is 9.79 Å². The smallest absolute Gasteiger partial charge is 0.294 e. The van der Waals surface area contributed by atoms with E-state index in [1.165, 1.54) is 24.3 Å². The molecule has 1 unspecified atom stereocenters. The second-order valence-electron chi connectivity index (χ2n) is 6.83. The number of hydrogen-bond donors (Lipinski definition) is 0. The third-order valence-electron chi connectivity index (χ3n) is 4.96. The number of allylic oxidation sites excluding steroid dienone is 3. The monoisotopic (exact) mass is 414 g/mol. The van der Waals surface area contributed by atoms with Gasteiger partial charge in [0, 0.05) is 34.9 Å². The summed E-state index contributed by atoms with van der Waals surface area (Å²) in [4.78, 5) is 20.1. The van der Waals surface area contributed by atoms with E-state index in [0.29, 0.717) is 23.4 Å². The normalized spacial score (nSPS) is 18.7. The molecule has 0 spiro atoms. The predicted octanol–water partition coefficient (Wildman–Crippen LogP) is 5.92. The van der Waals surface area contributed by atoms with Gasteiger partial charge in [-0.15, -0.1) is 0 Å². The van der Waals surface area contributed by atoms with Crippen molar-refractivity contribution in [3.8, 4) is 0 Å². The molecule has 30 heavy (non-hydrogen) atoms. The highest BCUT2D eigenvalue weighted by Crippen LogP contribution is 2.46. The largest absolute Gasteiger partial charge is 0.413 e. The predicted molar refractivity (Wildman–Crippen MR) is 101 cm³/mol. The quantitative estimate of drug-likeness (QED) is 0.444. The molecule has 0 saturated carbocycles. The van der Waals surface area contributed by atoms with Gasteiger partial charge in [-0.1, -0.05) is 24.3 Å². The van der Waals surface area contributed by atoms with Crippen molar-refractivity contribution < 1.29 is 26.7 Å². The molecule has 1 atom stereocenters. The topological polar surface area (TPSA) is 33.8 Å². The summed E-state index contributed by atoms with van der Waals surface area (Å²) in [6.07, 6.45) is -4.73. The van der Waals surface area contributed by atoms with Crippen LogP contribution in [0.15, 0.2) is 59.1 Å². The number of ketones is 1. The lowest BCUT2D eigenvalue weighted by Gasteiger charge is -2.23. The first kappa shape index (κ1) is 19.7. The maximum absolute atomic E-state index is 14.5. The number of aliphatic imine (C=N–C) groups is 1. The number of alkyl halides is 3. The molecule has 0 aromatic heterocycles. The van der Waals surface area contributed by atoms with Crippen LogP contribution in [0.3, 0.4) is 0 Å². The van der Waals surface area contributed by atoms with Crippen LogP contribution >= 0.6 is 0 Å². The Labute approximate surface area is 167 Å².